The zero-order chi connectivity index (χ0) is 13.9. The minimum Gasteiger partial charge on any atom is -0.398 e. The Bertz CT molecular complexity index is 666. The molecule has 1 aromatic heterocycles. The van der Waals surface area contributed by atoms with E-state index in [0.717, 1.165) is 0 Å². The third-order valence-electron chi connectivity index (χ3n) is 2.42. The van der Waals surface area contributed by atoms with Crippen molar-refractivity contribution in [2.24, 2.45) is 0 Å². The Morgan fingerprint density at radius 2 is 2.11 bits per heavy atom. The van der Waals surface area contributed by atoms with Crippen molar-refractivity contribution < 1.29 is 12.9 Å². The fourth-order valence-corrected chi connectivity index (χ4v) is 2.63. The SMILES string of the molecule is Cc1nc(CNS(=O)(=O)Cc2ccccc2N)no1. The van der Waals surface area contributed by atoms with Crippen LogP contribution < -0.4 is 10.5 Å². The van der Waals surface area contributed by atoms with Crippen molar-refractivity contribution in [3.8, 4) is 0 Å². The van der Waals surface area contributed by atoms with Gasteiger partial charge in [-0.3, -0.25) is 0 Å². The summed E-state index contributed by atoms with van der Waals surface area (Å²) >= 11 is 0. The molecule has 0 saturated heterocycles. The molecule has 0 amide bonds. The summed E-state index contributed by atoms with van der Waals surface area (Å²) in [5.41, 5.74) is 6.71. The lowest BCUT2D eigenvalue weighted by Crippen LogP contribution is -2.25. The Morgan fingerprint density at radius 1 is 1.37 bits per heavy atom. The van der Waals surface area contributed by atoms with Crippen molar-refractivity contribution in [2.45, 2.75) is 19.2 Å². The molecule has 2 rings (SSSR count). The third kappa shape index (κ3) is 3.76. The molecule has 0 spiro atoms. The first-order chi connectivity index (χ1) is 8.96. The molecule has 0 aliphatic heterocycles. The number of sulfonamides is 1. The van der Waals surface area contributed by atoms with Gasteiger partial charge in [0.25, 0.3) is 0 Å². The van der Waals surface area contributed by atoms with Crippen LogP contribution >= 0.6 is 0 Å². The summed E-state index contributed by atoms with van der Waals surface area (Å²) < 4.78 is 30.9. The van der Waals surface area contributed by atoms with Gasteiger partial charge in [-0.25, -0.2) is 13.1 Å². The van der Waals surface area contributed by atoms with Gasteiger partial charge in [0.15, 0.2) is 5.82 Å². The first kappa shape index (κ1) is 13.5. The lowest BCUT2D eigenvalue weighted by Gasteiger charge is -2.07. The second-order valence-electron chi connectivity index (χ2n) is 4.01. The number of aryl methyl sites for hydroxylation is 1. The van der Waals surface area contributed by atoms with Crippen LogP contribution in [0.2, 0.25) is 0 Å². The summed E-state index contributed by atoms with van der Waals surface area (Å²) in [5.74, 6) is 0.500. The zero-order valence-electron chi connectivity index (χ0n) is 10.3. The van der Waals surface area contributed by atoms with Gasteiger partial charge in [0.2, 0.25) is 15.9 Å². The van der Waals surface area contributed by atoms with Crippen molar-refractivity contribution >= 4 is 15.7 Å². The number of aromatic nitrogens is 2. The standard InChI is InChI=1S/C11H14N4O3S/c1-8-14-11(15-18-8)6-13-19(16,17)7-9-4-2-3-5-10(9)12/h2-5,13H,6-7,12H2,1H3. The Morgan fingerprint density at radius 3 is 2.74 bits per heavy atom. The quantitative estimate of drug-likeness (QED) is 0.776. The van der Waals surface area contributed by atoms with Crippen molar-refractivity contribution in [1.82, 2.24) is 14.9 Å². The number of rotatable bonds is 5. The lowest BCUT2D eigenvalue weighted by atomic mass is 10.2. The van der Waals surface area contributed by atoms with E-state index in [9.17, 15) is 8.42 Å². The summed E-state index contributed by atoms with van der Waals surface area (Å²) in [6.45, 7) is 1.63. The molecule has 0 fully saturated rings. The number of benzene rings is 1. The molecule has 0 bridgehead atoms. The van der Waals surface area contributed by atoms with Crippen molar-refractivity contribution in [2.75, 3.05) is 5.73 Å². The number of hydrogen-bond acceptors (Lipinski definition) is 6. The molecule has 7 nitrogen and oxygen atoms in total. The van der Waals surface area contributed by atoms with Crippen LogP contribution in [0.15, 0.2) is 28.8 Å². The summed E-state index contributed by atoms with van der Waals surface area (Å²) in [5, 5.41) is 3.61. The topological polar surface area (TPSA) is 111 Å². The molecular weight excluding hydrogens is 268 g/mol. The lowest BCUT2D eigenvalue weighted by molar-refractivity contribution is 0.387. The van der Waals surface area contributed by atoms with Crippen LogP contribution in [0.5, 0.6) is 0 Å². The van der Waals surface area contributed by atoms with Gasteiger partial charge in [-0.1, -0.05) is 23.4 Å². The zero-order valence-corrected chi connectivity index (χ0v) is 11.1. The van der Waals surface area contributed by atoms with E-state index >= 15 is 0 Å². The van der Waals surface area contributed by atoms with Gasteiger partial charge in [-0.05, 0) is 11.6 Å². The van der Waals surface area contributed by atoms with E-state index in [1.807, 2.05) is 0 Å². The minimum absolute atomic E-state index is 0.00753. The molecule has 0 atom stereocenters. The molecule has 0 aliphatic carbocycles. The summed E-state index contributed by atoms with van der Waals surface area (Å²) in [6, 6.07) is 6.82. The average Bonchev–Trinajstić information content (AvgIpc) is 2.76. The maximum Gasteiger partial charge on any atom is 0.223 e. The van der Waals surface area contributed by atoms with Crippen LogP contribution in [0.25, 0.3) is 0 Å². The van der Waals surface area contributed by atoms with Crippen molar-refractivity contribution in [3.63, 3.8) is 0 Å². The molecule has 3 N–H and O–H groups in total. The van der Waals surface area contributed by atoms with E-state index in [2.05, 4.69) is 14.9 Å². The van der Waals surface area contributed by atoms with E-state index in [4.69, 9.17) is 10.3 Å². The van der Waals surface area contributed by atoms with Gasteiger partial charge in [-0.15, -0.1) is 0 Å². The molecule has 1 heterocycles. The second kappa shape index (κ2) is 5.37. The van der Waals surface area contributed by atoms with Gasteiger partial charge in [0.1, 0.15) is 0 Å². The molecule has 0 aliphatic rings. The van der Waals surface area contributed by atoms with Crippen LogP contribution in [0.3, 0.4) is 0 Å². The van der Waals surface area contributed by atoms with Crippen LogP contribution in [0, 0.1) is 6.92 Å². The van der Waals surface area contributed by atoms with Crippen LogP contribution in [-0.2, 0) is 22.3 Å². The molecule has 102 valence electrons. The molecule has 0 saturated carbocycles. The molecule has 1 aromatic carbocycles. The van der Waals surface area contributed by atoms with Crippen molar-refractivity contribution in [3.05, 3.63) is 41.5 Å². The van der Waals surface area contributed by atoms with Crippen LogP contribution in [0.1, 0.15) is 17.3 Å². The molecule has 19 heavy (non-hydrogen) atoms. The van der Waals surface area contributed by atoms with E-state index < -0.39 is 10.0 Å². The number of nitrogen functional groups attached to an aromatic ring is 1. The normalized spacial score (nSPS) is 11.6. The number of nitrogens with two attached hydrogens (primary N) is 1. The minimum atomic E-state index is -3.50. The largest absolute Gasteiger partial charge is 0.398 e. The van der Waals surface area contributed by atoms with Crippen LogP contribution in [-0.4, -0.2) is 18.6 Å². The van der Waals surface area contributed by atoms with Gasteiger partial charge in [0.05, 0.1) is 12.3 Å². The first-order valence-corrected chi connectivity index (χ1v) is 7.21. The van der Waals surface area contributed by atoms with Crippen molar-refractivity contribution in [1.29, 1.82) is 0 Å². The molecule has 0 unspecified atom stereocenters. The fraction of sp³-hybridized carbons (Fsp3) is 0.273. The number of nitrogens with one attached hydrogen (secondary N) is 1. The Balaban J connectivity index is 2.01. The van der Waals surface area contributed by atoms with E-state index in [1.54, 1.807) is 31.2 Å². The maximum absolute atomic E-state index is 11.9. The molecule has 0 radical (unpaired) electrons. The molecule has 8 heteroatoms. The number of hydrogen-bond donors (Lipinski definition) is 2. The highest BCUT2D eigenvalue weighted by molar-refractivity contribution is 7.88. The summed E-state index contributed by atoms with van der Waals surface area (Å²) in [7, 11) is -3.50. The average molecular weight is 282 g/mol. The number of para-hydroxylation sites is 1. The summed E-state index contributed by atoms with van der Waals surface area (Å²) in [4.78, 5) is 3.91. The highest BCUT2D eigenvalue weighted by atomic mass is 32.2. The third-order valence-corrected chi connectivity index (χ3v) is 3.70. The predicted molar refractivity (Wildman–Crippen MR) is 69.4 cm³/mol. The van der Waals surface area contributed by atoms with Gasteiger partial charge >= 0.3 is 0 Å². The molecule has 2 aromatic rings. The Kier molecular flexibility index (Phi) is 3.82. The monoisotopic (exact) mass is 282 g/mol. The highest BCUT2D eigenvalue weighted by Gasteiger charge is 2.14. The number of anilines is 1. The number of nitrogens with zero attached hydrogens (tertiary/aromatic N) is 2. The molecular formula is C11H14N4O3S. The fourth-order valence-electron chi connectivity index (χ4n) is 1.51. The van der Waals surface area contributed by atoms with Crippen LogP contribution in [0.4, 0.5) is 5.69 Å². The maximum atomic E-state index is 11.9. The Labute approximate surface area is 110 Å². The highest BCUT2D eigenvalue weighted by Crippen LogP contribution is 2.13. The predicted octanol–water partition coefficient (Wildman–Crippen LogP) is 0.580. The first-order valence-electron chi connectivity index (χ1n) is 5.56. The van der Waals surface area contributed by atoms with E-state index in [0.29, 0.717) is 23.0 Å². The smallest absolute Gasteiger partial charge is 0.223 e. The van der Waals surface area contributed by atoms with Gasteiger partial charge in [-0.2, -0.15) is 4.98 Å². The van der Waals surface area contributed by atoms with Gasteiger partial charge < -0.3 is 10.3 Å². The second-order valence-corrected chi connectivity index (χ2v) is 5.82. The van der Waals surface area contributed by atoms with E-state index in [-0.39, 0.29) is 12.3 Å². The van der Waals surface area contributed by atoms with E-state index in [1.165, 1.54) is 0 Å². The Hall–Kier alpha value is -1.93. The van der Waals surface area contributed by atoms with Gasteiger partial charge in [0, 0.05) is 12.6 Å². The summed E-state index contributed by atoms with van der Waals surface area (Å²) in [6.07, 6.45) is 0.